The van der Waals surface area contributed by atoms with E-state index in [9.17, 15) is 0 Å². The molecule has 0 aliphatic heterocycles. The van der Waals surface area contributed by atoms with Crippen LogP contribution in [0, 0.1) is 6.92 Å². The lowest BCUT2D eigenvalue weighted by atomic mass is 10.0. The minimum atomic E-state index is 0.897. The first-order chi connectivity index (χ1) is 7.29. The molecular weight excluding hydrogens is 184 g/mol. The van der Waals surface area contributed by atoms with Crippen LogP contribution in [-0.4, -0.2) is 7.11 Å². The molecule has 0 heterocycles. The van der Waals surface area contributed by atoms with Gasteiger partial charge in [0.1, 0.15) is 5.75 Å². The maximum atomic E-state index is 5.21. The minimum absolute atomic E-state index is 0.897. The molecule has 1 nitrogen and oxygen atoms in total. The first kappa shape index (κ1) is 9.78. The van der Waals surface area contributed by atoms with E-state index in [4.69, 9.17) is 4.74 Å². The Balaban J connectivity index is 2.44. The molecule has 0 saturated carbocycles. The van der Waals surface area contributed by atoms with Crippen molar-refractivity contribution in [2.24, 2.45) is 0 Å². The highest BCUT2D eigenvalue weighted by Gasteiger charge is 1.98. The third kappa shape index (κ3) is 2.18. The zero-order valence-corrected chi connectivity index (χ0v) is 9.03. The van der Waals surface area contributed by atoms with Crippen LogP contribution in [0.15, 0.2) is 48.5 Å². The molecule has 1 heteroatoms. The molecule has 0 radical (unpaired) electrons. The highest BCUT2D eigenvalue weighted by Crippen LogP contribution is 2.24. The first-order valence-corrected chi connectivity index (χ1v) is 5.01. The summed E-state index contributed by atoms with van der Waals surface area (Å²) in [7, 11) is 1.69. The second kappa shape index (κ2) is 4.18. The Morgan fingerprint density at radius 1 is 0.867 bits per heavy atom. The predicted octanol–water partition coefficient (Wildman–Crippen LogP) is 3.67. The van der Waals surface area contributed by atoms with Gasteiger partial charge in [-0.05, 0) is 30.2 Å². The monoisotopic (exact) mass is 198 g/mol. The average molecular weight is 198 g/mol. The first-order valence-electron chi connectivity index (χ1n) is 5.01. The topological polar surface area (TPSA) is 9.23 Å². The number of rotatable bonds is 2. The summed E-state index contributed by atoms with van der Waals surface area (Å²) in [5, 5.41) is 0. The Bertz CT molecular complexity index is 460. The lowest BCUT2D eigenvalue weighted by Crippen LogP contribution is -1.84. The fourth-order valence-corrected chi connectivity index (χ4v) is 1.63. The van der Waals surface area contributed by atoms with Crippen molar-refractivity contribution < 1.29 is 4.74 Å². The fourth-order valence-electron chi connectivity index (χ4n) is 1.63. The molecule has 0 spiro atoms. The van der Waals surface area contributed by atoms with Gasteiger partial charge in [-0.2, -0.15) is 0 Å². The summed E-state index contributed by atoms with van der Waals surface area (Å²) in [5.74, 6) is 0.897. The molecule has 0 bridgehead atoms. The zero-order valence-electron chi connectivity index (χ0n) is 9.03. The molecule has 0 aliphatic carbocycles. The van der Waals surface area contributed by atoms with Gasteiger partial charge < -0.3 is 4.74 Å². The second-order valence-corrected chi connectivity index (χ2v) is 3.60. The van der Waals surface area contributed by atoms with Crippen molar-refractivity contribution in [1.82, 2.24) is 0 Å². The maximum Gasteiger partial charge on any atom is 0.119 e. The standard InChI is InChI=1S/C14H14O/c1-11-5-3-6-12(9-11)13-7-4-8-14(10-13)15-2/h3-10H,1-2H3. The lowest BCUT2D eigenvalue weighted by Gasteiger charge is -2.05. The second-order valence-electron chi connectivity index (χ2n) is 3.60. The van der Waals surface area contributed by atoms with E-state index >= 15 is 0 Å². The van der Waals surface area contributed by atoms with E-state index in [1.165, 1.54) is 16.7 Å². The van der Waals surface area contributed by atoms with Gasteiger partial charge in [0.25, 0.3) is 0 Å². The van der Waals surface area contributed by atoms with Crippen LogP contribution in [0.25, 0.3) is 11.1 Å². The van der Waals surface area contributed by atoms with Crippen molar-refractivity contribution in [1.29, 1.82) is 0 Å². The summed E-state index contributed by atoms with van der Waals surface area (Å²) in [6.45, 7) is 2.10. The number of ether oxygens (including phenoxy) is 1. The Morgan fingerprint density at radius 3 is 2.20 bits per heavy atom. The van der Waals surface area contributed by atoms with Crippen molar-refractivity contribution in [3.8, 4) is 16.9 Å². The molecule has 0 amide bonds. The van der Waals surface area contributed by atoms with Gasteiger partial charge in [0.2, 0.25) is 0 Å². The molecule has 0 unspecified atom stereocenters. The minimum Gasteiger partial charge on any atom is -0.497 e. The van der Waals surface area contributed by atoms with Gasteiger partial charge in [0, 0.05) is 0 Å². The molecule has 76 valence electrons. The van der Waals surface area contributed by atoms with Crippen LogP contribution in [0.1, 0.15) is 5.56 Å². The molecule has 2 aromatic carbocycles. The van der Waals surface area contributed by atoms with Crippen molar-refractivity contribution in [2.75, 3.05) is 7.11 Å². The number of methoxy groups -OCH3 is 1. The van der Waals surface area contributed by atoms with E-state index in [0.29, 0.717) is 0 Å². The van der Waals surface area contributed by atoms with Crippen LogP contribution in [-0.2, 0) is 0 Å². The van der Waals surface area contributed by atoms with Crippen LogP contribution in [0.2, 0.25) is 0 Å². The van der Waals surface area contributed by atoms with E-state index in [0.717, 1.165) is 5.75 Å². The summed E-state index contributed by atoms with van der Waals surface area (Å²) >= 11 is 0. The highest BCUT2D eigenvalue weighted by molar-refractivity contribution is 5.65. The van der Waals surface area contributed by atoms with Crippen LogP contribution in [0.4, 0.5) is 0 Å². The number of benzene rings is 2. The van der Waals surface area contributed by atoms with Crippen LogP contribution >= 0.6 is 0 Å². The summed E-state index contributed by atoms with van der Waals surface area (Å²) in [4.78, 5) is 0. The third-order valence-electron chi connectivity index (χ3n) is 2.42. The molecule has 2 aromatic rings. The van der Waals surface area contributed by atoms with Crippen molar-refractivity contribution in [3.63, 3.8) is 0 Å². The predicted molar refractivity (Wildman–Crippen MR) is 63.2 cm³/mol. The quantitative estimate of drug-likeness (QED) is 0.715. The summed E-state index contributed by atoms with van der Waals surface area (Å²) < 4.78 is 5.21. The van der Waals surface area contributed by atoms with Gasteiger partial charge in [0.05, 0.1) is 7.11 Å². The summed E-state index contributed by atoms with van der Waals surface area (Å²) in [6, 6.07) is 16.6. The zero-order chi connectivity index (χ0) is 10.7. The van der Waals surface area contributed by atoms with E-state index < -0.39 is 0 Å². The van der Waals surface area contributed by atoms with Gasteiger partial charge in [-0.25, -0.2) is 0 Å². The molecule has 2 rings (SSSR count). The number of hydrogen-bond acceptors (Lipinski definition) is 1. The maximum absolute atomic E-state index is 5.21. The Morgan fingerprint density at radius 2 is 1.53 bits per heavy atom. The molecule has 0 fully saturated rings. The fraction of sp³-hybridized carbons (Fsp3) is 0.143. The van der Waals surface area contributed by atoms with Crippen molar-refractivity contribution in [3.05, 3.63) is 54.1 Å². The van der Waals surface area contributed by atoms with Gasteiger partial charge >= 0.3 is 0 Å². The smallest absolute Gasteiger partial charge is 0.119 e. The molecule has 0 atom stereocenters. The van der Waals surface area contributed by atoms with Gasteiger partial charge in [-0.15, -0.1) is 0 Å². The van der Waals surface area contributed by atoms with E-state index in [2.05, 4.69) is 43.3 Å². The number of hydrogen-bond donors (Lipinski definition) is 0. The molecule has 0 N–H and O–H groups in total. The Hall–Kier alpha value is -1.76. The Kier molecular flexibility index (Phi) is 2.72. The van der Waals surface area contributed by atoms with E-state index in [1.807, 2.05) is 12.1 Å². The molecule has 0 aromatic heterocycles. The lowest BCUT2D eigenvalue weighted by molar-refractivity contribution is 0.415. The van der Waals surface area contributed by atoms with E-state index in [-0.39, 0.29) is 0 Å². The number of aryl methyl sites for hydroxylation is 1. The van der Waals surface area contributed by atoms with Crippen LogP contribution in [0.5, 0.6) is 5.75 Å². The highest BCUT2D eigenvalue weighted by atomic mass is 16.5. The van der Waals surface area contributed by atoms with Crippen molar-refractivity contribution >= 4 is 0 Å². The molecule has 15 heavy (non-hydrogen) atoms. The summed E-state index contributed by atoms with van der Waals surface area (Å²) in [5.41, 5.74) is 3.70. The van der Waals surface area contributed by atoms with Crippen LogP contribution < -0.4 is 4.74 Å². The largest absolute Gasteiger partial charge is 0.497 e. The third-order valence-corrected chi connectivity index (χ3v) is 2.42. The van der Waals surface area contributed by atoms with Gasteiger partial charge in [-0.1, -0.05) is 42.0 Å². The van der Waals surface area contributed by atoms with Gasteiger partial charge in [-0.3, -0.25) is 0 Å². The molecule has 0 saturated heterocycles. The summed E-state index contributed by atoms with van der Waals surface area (Å²) in [6.07, 6.45) is 0. The molecule has 0 aliphatic rings. The van der Waals surface area contributed by atoms with Crippen molar-refractivity contribution in [2.45, 2.75) is 6.92 Å². The van der Waals surface area contributed by atoms with E-state index in [1.54, 1.807) is 7.11 Å². The average Bonchev–Trinajstić information content (AvgIpc) is 2.29. The SMILES string of the molecule is COc1cccc(-c2cccc(C)c2)c1. The Labute approximate surface area is 90.3 Å². The van der Waals surface area contributed by atoms with Gasteiger partial charge in [0.15, 0.2) is 0 Å². The van der Waals surface area contributed by atoms with Crippen LogP contribution in [0.3, 0.4) is 0 Å². The molecular formula is C14H14O. The normalized spacial score (nSPS) is 10.0.